The number of carbonyl (C=O) groups is 1. The fourth-order valence-corrected chi connectivity index (χ4v) is 3.30. The standard InChI is InChI=1S/C19H24N2O4S/c1-4-15(3)20-19(22)13-25-16-9-11-17(12-10-16)26(23,24)21-18-8-6-5-7-14(18)2/h5-12,15,21H,4,13H2,1-3H3,(H,20,22)/t15-/m1/s1. The Kier molecular flexibility index (Phi) is 6.63. The first-order valence-corrected chi connectivity index (χ1v) is 9.91. The molecule has 2 aromatic carbocycles. The van der Waals surface area contributed by atoms with Gasteiger partial charge in [0.25, 0.3) is 15.9 Å². The molecule has 2 rings (SSSR count). The van der Waals surface area contributed by atoms with Crippen LogP contribution in [0.25, 0.3) is 0 Å². The summed E-state index contributed by atoms with van der Waals surface area (Å²) in [6, 6.07) is 13.2. The minimum Gasteiger partial charge on any atom is -0.484 e. The lowest BCUT2D eigenvalue weighted by molar-refractivity contribution is -0.123. The van der Waals surface area contributed by atoms with E-state index in [2.05, 4.69) is 10.0 Å². The Balaban J connectivity index is 2.00. The second-order valence-electron chi connectivity index (χ2n) is 6.06. The molecular formula is C19H24N2O4S. The average molecular weight is 376 g/mol. The van der Waals surface area contributed by atoms with Crippen LogP contribution in [0.5, 0.6) is 5.75 Å². The summed E-state index contributed by atoms with van der Waals surface area (Å²) in [6.45, 7) is 5.62. The summed E-state index contributed by atoms with van der Waals surface area (Å²) in [4.78, 5) is 11.8. The molecule has 2 aromatic rings. The maximum absolute atomic E-state index is 12.5. The quantitative estimate of drug-likeness (QED) is 0.741. The Labute approximate surface area is 154 Å². The van der Waals surface area contributed by atoms with Crippen molar-refractivity contribution in [2.45, 2.75) is 38.1 Å². The first kappa shape index (κ1) is 19.8. The van der Waals surface area contributed by atoms with Crippen LogP contribution in [-0.4, -0.2) is 27.0 Å². The van der Waals surface area contributed by atoms with E-state index in [9.17, 15) is 13.2 Å². The van der Waals surface area contributed by atoms with E-state index in [-0.39, 0.29) is 23.5 Å². The normalized spacial score (nSPS) is 12.3. The number of carbonyl (C=O) groups excluding carboxylic acids is 1. The number of benzene rings is 2. The molecular weight excluding hydrogens is 352 g/mol. The molecule has 1 atom stereocenters. The van der Waals surface area contributed by atoms with Crippen molar-refractivity contribution in [1.29, 1.82) is 0 Å². The first-order valence-electron chi connectivity index (χ1n) is 8.42. The van der Waals surface area contributed by atoms with Crippen LogP contribution in [0.4, 0.5) is 5.69 Å². The topological polar surface area (TPSA) is 84.5 Å². The number of nitrogens with one attached hydrogen (secondary N) is 2. The number of anilines is 1. The molecule has 0 aromatic heterocycles. The number of hydrogen-bond acceptors (Lipinski definition) is 4. The van der Waals surface area contributed by atoms with Crippen LogP contribution in [0.2, 0.25) is 0 Å². The van der Waals surface area contributed by atoms with Crippen molar-refractivity contribution in [1.82, 2.24) is 5.32 Å². The molecule has 7 heteroatoms. The minimum atomic E-state index is -3.69. The van der Waals surface area contributed by atoms with Gasteiger partial charge in [-0.25, -0.2) is 8.42 Å². The molecule has 0 fully saturated rings. The monoisotopic (exact) mass is 376 g/mol. The van der Waals surface area contributed by atoms with Gasteiger partial charge < -0.3 is 10.1 Å². The molecule has 0 aliphatic carbocycles. The Morgan fingerprint density at radius 3 is 2.38 bits per heavy atom. The molecule has 0 radical (unpaired) electrons. The van der Waals surface area contributed by atoms with Gasteiger partial charge in [0.2, 0.25) is 0 Å². The van der Waals surface area contributed by atoms with Crippen LogP contribution in [0.3, 0.4) is 0 Å². The zero-order chi connectivity index (χ0) is 19.2. The number of para-hydroxylation sites is 1. The van der Waals surface area contributed by atoms with Crippen molar-refractivity contribution in [3.8, 4) is 5.75 Å². The molecule has 0 saturated carbocycles. The number of rotatable bonds is 8. The molecule has 0 spiro atoms. The SMILES string of the molecule is CC[C@@H](C)NC(=O)COc1ccc(S(=O)(=O)Nc2ccccc2C)cc1. The molecule has 0 aliphatic heterocycles. The van der Waals surface area contributed by atoms with E-state index in [1.165, 1.54) is 24.3 Å². The highest BCUT2D eigenvalue weighted by Crippen LogP contribution is 2.21. The highest BCUT2D eigenvalue weighted by atomic mass is 32.2. The summed E-state index contributed by atoms with van der Waals surface area (Å²) in [5.74, 6) is 0.219. The average Bonchev–Trinajstić information content (AvgIpc) is 2.62. The summed E-state index contributed by atoms with van der Waals surface area (Å²) >= 11 is 0. The summed E-state index contributed by atoms with van der Waals surface area (Å²) < 4.78 is 32.9. The highest BCUT2D eigenvalue weighted by Gasteiger charge is 2.15. The van der Waals surface area contributed by atoms with E-state index in [1.807, 2.05) is 32.9 Å². The van der Waals surface area contributed by atoms with Gasteiger partial charge in [0, 0.05) is 6.04 Å². The molecule has 0 aliphatic rings. The summed E-state index contributed by atoms with van der Waals surface area (Å²) in [6.07, 6.45) is 0.839. The Hall–Kier alpha value is -2.54. The van der Waals surface area contributed by atoms with Crippen LogP contribution in [-0.2, 0) is 14.8 Å². The molecule has 1 amide bonds. The second-order valence-corrected chi connectivity index (χ2v) is 7.74. The molecule has 2 N–H and O–H groups in total. The second kappa shape index (κ2) is 8.71. The number of hydrogen-bond donors (Lipinski definition) is 2. The molecule has 0 unspecified atom stereocenters. The largest absolute Gasteiger partial charge is 0.484 e. The summed E-state index contributed by atoms with van der Waals surface area (Å²) in [5, 5.41) is 2.80. The highest BCUT2D eigenvalue weighted by molar-refractivity contribution is 7.92. The molecule has 0 saturated heterocycles. The van der Waals surface area contributed by atoms with Crippen LogP contribution in [0, 0.1) is 6.92 Å². The van der Waals surface area contributed by atoms with Gasteiger partial charge in [0.1, 0.15) is 5.75 Å². The molecule has 0 bridgehead atoms. The molecule has 6 nitrogen and oxygen atoms in total. The van der Waals surface area contributed by atoms with E-state index >= 15 is 0 Å². The maximum Gasteiger partial charge on any atom is 0.261 e. The Bertz CT molecular complexity index is 848. The van der Waals surface area contributed by atoms with Crippen molar-refractivity contribution in [2.24, 2.45) is 0 Å². The van der Waals surface area contributed by atoms with E-state index < -0.39 is 10.0 Å². The lowest BCUT2D eigenvalue weighted by Gasteiger charge is -2.13. The van der Waals surface area contributed by atoms with E-state index in [1.54, 1.807) is 12.1 Å². The summed E-state index contributed by atoms with van der Waals surface area (Å²) in [5.41, 5.74) is 1.37. The van der Waals surface area contributed by atoms with Crippen LogP contribution in [0.15, 0.2) is 53.4 Å². The fourth-order valence-electron chi connectivity index (χ4n) is 2.17. The van der Waals surface area contributed by atoms with Crippen molar-refractivity contribution in [3.63, 3.8) is 0 Å². The van der Waals surface area contributed by atoms with Gasteiger partial charge in [-0.05, 0) is 56.2 Å². The Morgan fingerprint density at radius 2 is 1.77 bits per heavy atom. The minimum absolute atomic E-state index is 0.0890. The Morgan fingerprint density at radius 1 is 1.12 bits per heavy atom. The summed E-state index contributed by atoms with van der Waals surface area (Å²) in [7, 11) is -3.69. The van der Waals surface area contributed by atoms with Gasteiger partial charge in [0.15, 0.2) is 6.61 Å². The lowest BCUT2D eigenvalue weighted by Crippen LogP contribution is -2.35. The van der Waals surface area contributed by atoms with Crippen molar-refractivity contribution in [3.05, 3.63) is 54.1 Å². The van der Waals surface area contributed by atoms with Gasteiger partial charge in [-0.15, -0.1) is 0 Å². The fraction of sp³-hybridized carbons (Fsp3) is 0.316. The van der Waals surface area contributed by atoms with Gasteiger partial charge in [-0.1, -0.05) is 25.1 Å². The zero-order valence-electron chi connectivity index (χ0n) is 15.2. The number of sulfonamides is 1. The number of amides is 1. The first-order chi connectivity index (χ1) is 12.3. The van der Waals surface area contributed by atoms with E-state index in [0.29, 0.717) is 11.4 Å². The van der Waals surface area contributed by atoms with Crippen LogP contribution in [0.1, 0.15) is 25.8 Å². The third kappa shape index (κ3) is 5.49. The predicted octanol–water partition coefficient (Wildman–Crippen LogP) is 3.09. The van der Waals surface area contributed by atoms with E-state index in [0.717, 1.165) is 12.0 Å². The molecule has 0 heterocycles. The third-order valence-electron chi connectivity index (χ3n) is 3.91. The van der Waals surface area contributed by atoms with Gasteiger partial charge in [-0.3, -0.25) is 9.52 Å². The van der Waals surface area contributed by atoms with Crippen molar-refractivity contribution in [2.75, 3.05) is 11.3 Å². The lowest BCUT2D eigenvalue weighted by atomic mass is 10.2. The van der Waals surface area contributed by atoms with Gasteiger partial charge in [-0.2, -0.15) is 0 Å². The number of ether oxygens (including phenoxy) is 1. The van der Waals surface area contributed by atoms with Crippen molar-refractivity contribution < 1.29 is 17.9 Å². The predicted molar refractivity (Wildman–Crippen MR) is 102 cm³/mol. The molecule has 140 valence electrons. The van der Waals surface area contributed by atoms with Crippen LogP contribution >= 0.6 is 0 Å². The van der Waals surface area contributed by atoms with Crippen LogP contribution < -0.4 is 14.8 Å². The van der Waals surface area contributed by atoms with Crippen molar-refractivity contribution >= 4 is 21.6 Å². The van der Waals surface area contributed by atoms with E-state index in [4.69, 9.17) is 4.74 Å². The zero-order valence-corrected chi connectivity index (χ0v) is 16.0. The third-order valence-corrected chi connectivity index (χ3v) is 5.29. The maximum atomic E-state index is 12.5. The van der Waals surface area contributed by atoms with Gasteiger partial charge in [0.05, 0.1) is 10.6 Å². The van der Waals surface area contributed by atoms with Gasteiger partial charge >= 0.3 is 0 Å². The smallest absolute Gasteiger partial charge is 0.261 e. The molecule has 26 heavy (non-hydrogen) atoms. The number of aryl methyl sites for hydroxylation is 1.